The van der Waals surface area contributed by atoms with Crippen molar-refractivity contribution in [2.75, 3.05) is 6.61 Å². The van der Waals surface area contributed by atoms with Gasteiger partial charge in [0.25, 0.3) is 0 Å². The Kier molecular flexibility index (Phi) is 2.55. The van der Waals surface area contributed by atoms with Crippen LogP contribution in [0.15, 0.2) is 0 Å². The smallest absolute Gasteiger partial charge is 0.165 e. The van der Waals surface area contributed by atoms with Gasteiger partial charge in [0, 0.05) is 0 Å². The van der Waals surface area contributed by atoms with E-state index in [0.717, 1.165) is 6.42 Å². The van der Waals surface area contributed by atoms with Gasteiger partial charge in [-0.3, -0.25) is 0 Å². The van der Waals surface area contributed by atoms with Gasteiger partial charge in [-0.1, -0.05) is 13.8 Å². The third kappa shape index (κ3) is 1.94. The van der Waals surface area contributed by atoms with Crippen LogP contribution in [0.25, 0.3) is 0 Å². The van der Waals surface area contributed by atoms with Gasteiger partial charge in [0.15, 0.2) is 5.79 Å². The number of hydrogen-bond donors (Lipinski definition) is 0. The van der Waals surface area contributed by atoms with Crippen molar-refractivity contribution in [2.24, 2.45) is 5.92 Å². The van der Waals surface area contributed by atoms with Crippen LogP contribution in [0.1, 0.15) is 27.2 Å². The molecule has 2 heteroatoms. The van der Waals surface area contributed by atoms with Crippen LogP contribution < -0.4 is 0 Å². The van der Waals surface area contributed by atoms with Gasteiger partial charge in [-0.05, 0) is 26.2 Å². The molecular formula is C9H16O2. The molecule has 1 aliphatic rings. The molecule has 1 fully saturated rings. The Morgan fingerprint density at radius 2 is 2.36 bits per heavy atom. The van der Waals surface area contributed by atoms with Crippen LogP contribution in [0.4, 0.5) is 0 Å². The van der Waals surface area contributed by atoms with Gasteiger partial charge < -0.3 is 9.47 Å². The highest BCUT2D eigenvalue weighted by Crippen LogP contribution is 2.29. The number of ether oxygens (including phenoxy) is 2. The summed E-state index contributed by atoms with van der Waals surface area (Å²) in [5.74, 6) is -0.332. The normalized spacial score (nSPS) is 38.5. The monoisotopic (exact) mass is 156 g/mol. The van der Waals surface area contributed by atoms with Gasteiger partial charge >= 0.3 is 0 Å². The van der Waals surface area contributed by atoms with E-state index in [1.807, 2.05) is 20.8 Å². The van der Waals surface area contributed by atoms with E-state index in [9.17, 15) is 0 Å². The summed E-state index contributed by atoms with van der Waals surface area (Å²) in [6, 6.07) is 0. The molecular weight excluding hydrogens is 140 g/mol. The summed E-state index contributed by atoms with van der Waals surface area (Å²) in [5.41, 5.74) is 0. The minimum absolute atomic E-state index is 0.0587. The predicted molar refractivity (Wildman–Crippen MR) is 43.0 cm³/mol. The second kappa shape index (κ2) is 3.11. The van der Waals surface area contributed by atoms with Gasteiger partial charge in [0.05, 0.1) is 12.7 Å². The van der Waals surface area contributed by atoms with E-state index in [4.69, 9.17) is 16.4 Å². The summed E-state index contributed by atoms with van der Waals surface area (Å²) in [4.78, 5) is 0. The Bertz CT molecular complexity index is 134. The minimum atomic E-state index is -0.391. The molecule has 3 atom stereocenters. The topological polar surface area (TPSA) is 18.5 Å². The van der Waals surface area contributed by atoms with E-state index in [1.54, 1.807) is 0 Å². The fourth-order valence-electron chi connectivity index (χ4n) is 1.09. The number of rotatable bonds is 2. The molecule has 3 unspecified atom stereocenters. The SMILES string of the molecule is [CH]C(C)C1COC(C)(CC)O1. The van der Waals surface area contributed by atoms with Crippen LogP contribution in [0.3, 0.4) is 0 Å². The van der Waals surface area contributed by atoms with Crippen LogP contribution >= 0.6 is 0 Å². The van der Waals surface area contributed by atoms with Gasteiger partial charge in [-0.15, -0.1) is 0 Å². The zero-order valence-electron chi connectivity index (χ0n) is 7.46. The maximum absolute atomic E-state index is 5.67. The Morgan fingerprint density at radius 1 is 1.73 bits per heavy atom. The summed E-state index contributed by atoms with van der Waals surface area (Å²) in [6.07, 6.45) is 0.941. The van der Waals surface area contributed by atoms with Crippen molar-refractivity contribution in [1.29, 1.82) is 0 Å². The van der Waals surface area contributed by atoms with Crippen molar-refractivity contribution in [3.8, 4) is 0 Å². The lowest BCUT2D eigenvalue weighted by atomic mass is 10.1. The molecule has 1 saturated heterocycles. The highest BCUT2D eigenvalue weighted by Gasteiger charge is 2.36. The first kappa shape index (κ1) is 9.01. The molecule has 0 aromatic rings. The summed E-state index contributed by atoms with van der Waals surface area (Å²) in [6.45, 7) is 12.2. The van der Waals surface area contributed by atoms with E-state index in [2.05, 4.69) is 0 Å². The van der Waals surface area contributed by atoms with Crippen LogP contribution in [0.2, 0.25) is 0 Å². The summed E-state index contributed by atoms with van der Waals surface area (Å²) < 4.78 is 11.1. The second-order valence-corrected chi connectivity index (χ2v) is 3.31. The highest BCUT2D eigenvalue weighted by molar-refractivity contribution is 4.78. The minimum Gasteiger partial charge on any atom is -0.348 e. The van der Waals surface area contributed by atoms with E-state index >= 15 is 0 Å². The second-order valence-electron chi connectivity index (χ2n) is 3.31. The average molecular weight is 156 g/mol. The molecule has 1 aliphatic heterocycles. The zero-order valence-corrected chi connectivity index (χ0v) is 7.46. The third-order valence-corrected chi connectivity index (χ3v) is 2.18. The predicted octanol–water partition coefficient (Wildman–Crippen LogP) is 1.88. The molecule has 0 aromatic heterocycles. The van der Waals surface area contributed by atoms with Crippen molar-refractivity contribution in [3.05, 3.63) is 6.92 Å². The Hall–Kier alpha value is -0.0800. The molecule has 1 rings (SSSR count). The van der Waals surface area contributed by atoms with Crippen LogP contribution in [-0.4, -0.2) is 18.5 Å². The lowest BCUT2D eigenvalue weighted by molar-refractivity contribution is -0.158. The van der Waals surface area contributed by atoms with Gasteiger partial charge in [0.1, 0.15) is 0 Å². The Balaban J connectivity index is 2.46. The van der Waals surface area contributed by atoms with Crippen LogP contribution in [0.5, 0.6) is 0 Å². The van der Waals surface area contributed by atoms with E-state index in [-0.39, 0.29) is 12.0 Å². The first-order chi connectivity index (χ1) is 5.07. The lowest BCUT2D eigenvalue weighted by Gasteiger charge is -2.22. The van der Waals surface area contributed by atoms with Crippen molar-refractivity contribution in [3.63, 3.8) is 0 Å². The quantitative estimate of drug-likeness (QED) is 0.607. The van der Waals surface area contributed by atoms with Gasteiger partial charge in [-0.25, -0.2) is 0 Å². The molecule has 64 valence electrons. The largest absolute Gasteiger partial charge is 0.348 e. The van der Waals surface area contributed by atoms with E-state index in [1.165, 1.54) is 0 Å². The van der Waals surface area contributed by atoms with Gasteiger partial charge in [-0.2, -0.15) is 0 Å². The summed E-state index contributed by atoms with van der Waals surface area (Å²) >= 11 is 0. The molecule has 0 amide bonds. The molecule has 0 aromatic carbocycles. The molecule has 0 aliphatic carbocycles. The fraction of sp³-hybridized carbons (Fsp3) is 0.889. The van der Waals surface area contributed by atoms with Gasteiger partial charge in [0.2, 0.25) is 0 Å². The van der Waals surface area contributed by atoms with E-state index < -0.39 is 5.79 Å². The summed E-state index contributed by atoms with van der Waals surface area (Å²) in [7, 11) is 0. The Labute approximate surface area is 68.9 Å². The van der Waals surface area contributed by atoms with Crippen LogP contribution in [-0.2, 0) is 9.47 Å². The maximum Gasteiger partial charge on any atom is 0.165 e. The van der Waals surface area contributed by atoms with Crippen molar-refractivity contribution in [2.45, 2.75) is 39.1 Å². The molecule has 1 heterocycles. The molecule has 2 radical (unpaired) electrons. The average Bonchev–Trinajstić information content (AvgIpc) is 2.33. The molecule has 11 heavy (non-hydrogen) atoms. The number of hydrogen-bond acceptors (Lipinski definition) is 2. The maximum atomic E-state index is 5.67. The summed E-state index contributed by atoms with van der Waals surface area (Å²) in [5, 5.41) is 0. The highest BCUT2D eigenvalue weighted by atomic mass is 16.7. The van der Waals surface area contributed by atoms with Crippen molar-refractivity contribution in [1.82, 2.24) is 0 Å². The van der Waals surface area contributed by atoms with E-state index in [0.29, 0.717) is 6.61 Å². The molecule has 0 bridgehead atoms. The standard InChI is InChI=1S/C9H16O2/c1-5-9(4)10-6-8(11-9)7(2)3/h2,7-8H,5-6H2,1,3-4H3. The molecule has 0 spiro atoms. The molecule has 0 saturated carbocycles. The third-order valence-electron chi connectivity index (χ3n) is 2.18. The first-order valence-electron chi connectivity index (χ1n) is 4.15. The lowest BCUT2D eigenvalue weighted by Crippen LogP contribution is -2.26. The molecule has 0 N–H and O–H groups in total. The first-order valence-corrected chi connectivity index (χ1v) is 4.15. The fourth-order valence-corrected chi connectivity index (χ4v) is 1.09. The van der Waals surface area contributed by atoms with Crippen molar-refractivity contribution < 1.29 is 9.47 Å². The van der Waals surface area contributed by atoms with Crippen LogP contribution in [0, 0.1) is 12.8 Å². The zero-order chi connectivity index (χ0) is 8.48. The van der Waals surface area contributed by atoms with Crippen molar-refractivity contribution >= 4 is 0 Å². The Morgan fingerprint density at radius 3 is 2.64 bits per heavy atom. The molecule has 2 nitrogen and oxygen atoms in total.